The van der Waals surface area contributed by atoms with Crippen LogP contribution >= 0.6 is 0 Å². The van der Waals surface area contributed by atoms with Crippen LogP contribution in [0.5, 0.6) is 5.75 Å². The second-order valence-electron chi connectivity index (χ2n) is 10.3. The number of hydrogen-bond acceptors (Lipinski definition) is 8. The Kier molecular flexibility index (Phi) is 8.89. The van der Waals surface area contributed by atoms with Gasteiger partial charge in [0.1, 0.15) is 17.4 Å². The summed E-state index contributed by atoms with van der Waals surface area (Å²) in [4.78, 5) is 43.5. The molecule has 12 heteroatoms. The maximum absolute atomic E-state index is 13.3. The van der Waals surface area contributed by atoms with Gasteiger partial charge in [-0.1, -0.05) is 19.9 Å². The van der Waals surface area contributed by atoms with Crippen molar-refractivity contribution in [2.75, 3.05) is 20.2 Å². The molecule has 1 unspecified atom stereocenters. The molecule has 0 saturated carbocycles. The highest BCUT2D eigenvalue weighted by Gasteiger charge is 2.35. The quantitative estimate of drug-likeness (QED) is 0.399. The maximum Gasteiger partial charge on any atom is 0.287 e. The van der Waals surface area contributed by atoms with Crippen molar-refractivity contribution in [1.82, 2.24) is 19.9 Å². The van der Waals surface area contributed by atoms with Crippen molar-refractivity contribution in [2.24, 2.45) is 5.92 Å². The van der Waals surface area contributed by atoms with Crippen LogP contribution in [0.25, 0.3) is 11.0 Å². The van der Waals surface area contributed by atoms with Crippen molar-refractivity contribution in [1.29, 1.82) is 0 Å². The third-order valence-corrected chi connectivity index (χ3v) is 8.43. The zero-order valence-electron chi connectivity index (χ0n) is 23.0. The number of benzene rings is 1. The van der Waals surface area contributed by atoms with E-state index in [0.29, 0.717) is 35.3 Å². The van der Waals surface area contributed by atoms with Crippen molar-refractivity contribution >= 4 is 38.6 Å². The fraction of sp³-hybridized carbons (Fsp3) is 0.429. The lowest BCUT2D eigenvalue weighted by atomic mass is 10.0. The van der Waals surface area contributed by atoms with Gasteiger partial charge < -0.3 is 19.8 Å². The number of sulfonamides is 1. The molecule has 0 spiro atoms. The second-order valence-corrected chi connectivity index (χ2v) is 12.2. The number of ketones is 1. The molecule has 40 heavy (non-hydrogen) atoms. The molecule has 214 valence electrons. The van der Waals surface area contributed by atoms with Crippen molar-refractivity contribution in [3.05, 3.63) is 53.9 Å². The van der Waals surface area contributed by atoms with Crippen molar-refractivity contribution in [3.8, 4) is 5.75 Å². The largest absolute Gasteiger partial charge is 0.497 e. The van der Waals surface area contributed by atoms with Crippen LogP contribution < -0.4 is 15.4 Å². The van der Waals surface area contributed by atoms with Crippen LogP contribution in [-0.4, -0.2) is 67.6 Å². The predicted octanol–water partition coefficient (Wildman–Crippen LogP) is 2.83. The number of amides is 2. The molecule has 3 heterocycles. The first-order valence-corrected chi connectivity index (χ1v) is 14.6. The molecule has 2 atom stereocenters. The molecule has 0 aliphatic carbocycles. The summed E-state index contributed by atoms with van der Waals surface area (Å²) < 4.78 is 38.2. The molecule has 1 saturated heterocycles. The maximum atomic E-state index is 13.3. The van der Waals surface area contributed by atoms with Gasteiger partial charge in [-0.3, -0.25) is 14.4 Å². The van der Waals surface area contributed by atoms with Crippen LogP contribution in [0.4, 0.5) is 0 Å². The normalized spacial score (nSPS) is 17.4. The zero-order chi connectivity index (χ0) is 29.0. The first-order valence-electron chi connectivity index (χ1n) is 13.1. The van der Waals surface area contributed by atoms with Gasteiger partial charge in [0.2, 0.25) is 5.91 Å². The lowest BCUT2D eigenvalue weighted by molar-refractivity contribution is -0.129. The molecule has 2 amide bonds. The standard InChI is InChI=1S/C28H34N4O7S/c1-17(2)13-22(31-28(35)25-15-19-14-20(38-4)10-11-24(19)39-25)27(34)30-21-8-6-12-32(16-23(21)33)40(36,37)26-9-5-7-18(3)29-26/h5,7,9-11,14-15,17,21-22H,6,8,12-13,16H2,1-4H3,(H,30,34)(H,31,35)/t21-,22?/m0/s1. The molecule has 11 nitrogen and oxygen atoms in total. The number of pyridine rings is 1. The Morgan fingerprint density at radius 1 is 1.20 bits per heavy atom. The minimum absolute atomic E-state index is 0.0426. The number of carbonyl (C=O) groups excluding carboxylic acids is 3. The van der Waals surface area contributed by atoms with E-state index in [1.165, 1.54) is 6.07 Å². The Morgan fingerprint density at radius 2 is 1.98 bits per heavy atom. The lowest BCUT2D eigenvalue weighted by Crippen LogP contribution is -2.52. The summed E-state index contributed by atoms with van der Waals surface area (Å²) >= 11 is 0. The molecule has 1 aliphatic rings. The van der Waals surface area contributed by atoms with E-state index in [1.807, 2.05) is 13.8 Å². The number of rotatable bonds is 9. The number of aromatic nitrogens is 1. The molecule has 1 fully saturated rings. The Morgan fingerprint density at radius 3 is 2.67 bits per heavy atom. The van der Waals surface area contributed by atoms with Crippen LogP contribution in [0.1, 0.15) is 49.4 Å². The monoisotopic (exact) mass is 570 g/mol. The van der Waals surface area contributed by atoms with Crippen molar-refractivity contribution in [2.45, 2.75) is 57.1 Å². The van der Waals surface area contributed by atoms with Gasteiger partial charge in [0.05, 0.1) is 19.7 Å². The summed E-state index contributed by atoms with van der Waals surface area (Å²) in [6.45, 7) is 5.26. The molecular formula is C28H34N4O7S. The number of hydrogen-bond donors (Lipinski definition) is 2. The van der Waals surface area contributed by atoms with E-state index in [2.05, 4.69) is 15.6 Å². The average Bonchev–Trinajstić information content (AvgIpc) is 3.25. The summed E-state index contributed by atoms with van der Waals surface area (Å²) in [7, 11) is -2.43. The van der Waals surface area contributed by atoms with E-state index >= 15 is 0 Å². The zero-order valence-corrected chi connectivity index (χ0v) is 23.8. The third-order valence-electron chi connectivity index (χ3n) is 6.68. The summed E-state index contributed by atoms with van der Waals surface area (Å²) in [5.74, 6) is -0.792. The van der Waals surface area contributed by atoms with Crippen LogP contribution in [-0.2, 0) is 19.6 Å². The van der Waals surface area contributed by atoms with Gasteiger partial charge >= 0.3 is 0 Å². The molecular weight excluding hydrogens is 536 g/mol. The number of nitrogens with one attached hydrogen (secondary N) is 2. The molecule has 0 radical (unpaired) electrons. The molecule has 1 aliphatic heterocycles. The predicted molar refractivity (Wildman–Crippen MR) is 147 cm³/mol. The highest BCUT2D eigenvalue weighted by atomic mass is 32.2. The van der Waals surface area contributed by atoms with E-state index in [1.54, 1.807) is 50.4 Å². The fourth-order valence-corrected chi connectivity index (χ4v) is 6.05. The Bertz CT molecular complexity index is 1520. The van der Waals surface area contributed by atoms with Crippen LogP contribution in [0.3, 0.4) is 0 Å². The van der Waals surface area contributed by atoms with Gasteiger partial charge in [-0.2, -0.15) is 4.31 Å². The number of fused-ring (bicyclic) bond motifs is 1. The van der Waals surface area contributed by atoms with Gasteiger partial charge in [0.15, 0.2) is 16.6 Å². The molecule has 2 aromatic heterocycles. The van der Waals surface area contributed by atoms with E-state index in [-0.39, 0.29) is 36.2 Å². The first kappa shape index (κ1) is 29.2. The first-order chi connectivity index (χ1) is 19.0. The molecule has 0 bridgehead atoms. The summed E-state index contributed by atoms with van der Waals surface area (Å²) in [6.07, 6.45) is 0.961. The highest BCUT2D eigenvalue weighted by molar-refractivity contribution is 7.89. The number of carbonyl (C=O) groups is 3. The number of Topliss-reactive ketones (excluding diaryl/α,β-unsaturated/α-hetero) is 1. The van der Waals surface area contributed by atoms with Gasteiger partial charge in [0, 0.05) is 17.6 Å². The number of nitrogens with zero attached hydrogens (tertiary/aromatic N) is 2. The van der Waals surface area contributed by atoms with Crippen molar-refractivity contribution in [3.63, 3.8) is 0 Å². The van der Waals surface area contributed by atoms with E-state index < -0.39 is 39.7 Å². The Labute approximate surface area is 233 Å². The number of methoxy groups -OCH3 is 1. The topological polar surface area (TPSA) is 148 Å². The Balaban J connectivity index is 1.45. The van der Waals surface area contributed by atoms with E-state index in [9.17, 15) is 22.8 Å². The second kappa shape index (κ2) is 12.2. The molecule has 1 aromatic carbocycles. The van der Waals surface area contributed by atoms with Gasteiger partial charge in [0.25, 0.3) is 15.9 Å². The minimum Gasteiger partial charge on any atom is -0.497 e. The van der Waals surface area contributed by atoms with Crippen LogP contribution in [0.15, 0.2) is 51.9 Å². The highest BCUT2D eigenvalue weighted by Crippen LogP contribution is 2.24. The summed E-state index contributed by atoms with van der Waals surface area (Å²) in [5.41, 5.74) is 1.05. The number of aryl methyl sites for hydroxylation is 1. The molecule has 2 N–H and O–H groups in total. The Hall–Kier alpha value is -3.77. The van der Waals surface area contributed by atoms with Gasteiger partial charge in [-0.05, 0) is 68.5 Å². The average molecular weight is 571 g/mol. The van der Waals surface area contributed by atoms with Gasteiger partial charge in [-0.25, -0.2) is 13.4 Å². The molecule has 3 aromatic rings. The SMILES string of the molecule is COc1ccc2oc(C(=O)NC(CC(C)C)C(=O)N[C@H]3CCCN(S(=O)(=O)c4cccc(C)n4)CC3=O)cc2c1. The number of ether oxygens (including phenoxy) is 1. The minimum atomic E-state index is -3.97. The summed E-state index contributed by atoms with van der Waals surface area (Å²) in [5, 5.41) is 6.04. The smallest absolute Gasteiger partial charge is 0.287 e. The van der Waals surface area contributed by atoms with Crippen molar-refractivity contribution < 1.29 is 32.0 Å². The molecule has 4 rings (SSSR count). The summed E-state index contributed by atoms with van der Waals surface area (Å²) in [6, 6.07) is 9.60. The fourth-order valence-electron chi connectivity index (χ4n) is 4.61. The van der Waals surface area contributed by atoms with E-state index in [0.717, 1.165) is 4.31 Å². The van der Waals surface area contributed by atoms with E-state index in [4.69, 9.17) is 9.15 Å². The van der Waals surface area contributed by atoms with Gasteiger partial charge in [-0.15, -0.1) is 0 Å². The lowest BCUT2D eigenvalue weighted by Gasteiger charge is -2.23. The van der Waals surface area contributed by atoms with Crippen LogP contribution in [0, 0.1) is 12.8 Å². The third kappa shape index (κ3) is 6.68. The van der Waals surface area contributed by atoms with Crippen LogP contribution in [0.2, 0.25) is 0 Å². The number of furan rings is 1.